The van der Waals surface area contributed by atoms with Crippen LogP contribution in [-0.4, -0.2) is 36.2 Å². The molecular formula is C12H22N2OS. The molecule has 92 valence electrons. The third kappa shape index (κ3) is 3.56. The maximum atomic E-state index is 9.08. The zero-order valence-corrected chi connectivity index (χ0v) is 11.0. The molecule has 0 amide bonds. The van der Waals surface area contributed by atoms with E-state index in [1.807, 2.05) is 0 Å². The Labute approximate surface area is 102 Å². The Morgan fingerprint density at radius 2 is 2.19 bits per heavy atom. The number of hydrogen-bond acceptors (Lipinski definition) is 4. The van der Waals surface area contributed by atoms with Gasteiger partial charge in [0, 0.05) is 22.8 Å². The summed E-state index contributed by atoms with van der Waals surface area (Å²) in [7, 11) is 0. The van der Waals surface area contributed by atoms with E-state index in [1.165, 1.54) is 9.75 Å². The lowest BCUT2D eigenvalue weighted by atomic mass is 10.2. The minimum atomic E-state index is 0.195. The van der Waals surface area contributed by atoms with Crippen LogP contribution in [0.15, 0.2) is 12.1 Å². The summed E-state index contributed by atoms with van der Waals surface area (Å²) in [6.07, 6.45) is 1.08. The van der Waals surface area contributed by atoms with Crippen LogP contribution in [0.2, 0.25) is 0 Å². The van der Waals surface area contributed by atoms with E-state index >= 15 is 0 Å². The van der Waals surface area contributed by atoms with E-state index in [-0.39, 0.29) is 12.6 Å². The smallest absolute Gasteiger partial charge is 0.0565 e. The highest BCUT2D eigenvalue weighted by Crippen LogP contribution is 2.26. The molecule has 3 N–H and O–H groups in total. The maximum Gasteiger partial charge on any atom is 0.0565 e. The van der Waals surface area contributed by atoms with Crippen molar-refractivity contribution in [1.82, 2.24) is 4.90 Å². The van der Waals surface area contributed by atoms with Crippen molar-refractivity contribution >= 4 is 11.3 Å². The van der Waals surface area contributed by atoms with Gasteiger partial charge in [-0.1, -0.05) is 6.92 Å². The highest BCUT2D eigenvalue weighted by Gasteiger charge is 2.19. The fourth-order valence-corrected chi connectivity index (χ4v) is 2.94. The third-order valence-corrected chi connectivity index (χ3v) is 3.75. The molecule has 0 saturated carbocycles. The van der Waals surface area contributed by atoms with Gasteiger partial charge in [0.05, 0.1) is 12.6 Å². The van der Waals surface area contributed by atoms with Gasteiger partial charge in [0.1, 0.15) is 0 Å². The number of thiophene rings is 1. The standard InChI is InChI=1S/C12H22N2OS/c1-3-6-14(7-8-15)11(9-13)12-5-4-10(2)16-12/h4-5,11,15H,3,6-9,13H2,1-2H3. The molecule has 0 saturated heterocycles. The van der Waals surface area contributed by atoms with E-state index in [0.29, 0.717) is 13.1 Å². The third-order valence-electron chi connectivity index (χ3n) is 2.65. The number of nitrogens with zero attached hydrogens (tertiary/aromatic N) is 1. The van der Waals surface area contributed by atoms with Gasteiger partial charge in [-0.05, 0) is 32.0 Å². The van der Waals surface area contributed by atoms with E-state index in [1.54, 1.807) is 11.3 Å². The minimum absolute atomic E-state index is 0.195. The van der Waals surface area contributed by atoms with E-state index in [2.05, 4.69) is 30.9 Å². The van der Waals surface area contributed by atoms with Crippen LogP contribution in [0.25, 0.3) is 0 Å². The molecular weight excluding hydrogens is 220 g/mol. The zero-order chi connectivity index (χ0) is 12.0. The quantitative estimate of drug-likeness (QED) is 0.766. The van der Waals surface area contributed by atoms with E-state index in [0.717, 1.165) is 13.0 Å². The molecule has 1 aromatic heterocycles. The molecule has 4 heteroatoms. The van der Waals surface area contributed by atoms with Gasteiger partial charge in [-0.2, -0.15) is 0 Å². The molecule has 0 fully saturated rings. The van der Waals surface area contributed by atoms with Crippen LogP contribution >= 0.6 is 11.3 Å². The van der Waals surface area contributed by atoms with Crippen molar-refractivity contribution in [2.75, 3.05) is 26.2 Å². The lowest BCUT2D eigenvalue weighted by Gasteiger charge is -2.29. The summed E-state index contributed by atoms with van der Waals surface area (Å²) >= 11 is 1.80. The lowest BCUT2D eigenvalue weighted by molar-refractivity contribution is 0.155. The summed E-state index contributed by atoms with van der Waals surface area (Å²) < 4.78 is 0. The molecule has 0 aliphatic heterocycles. The topological polar surface area (TPSA) is 49.5 Å². The van der Waals surface area contributed by atoms with E-state index in [9.17, 15) is 0 Å². The Bertz CT molecular complexity index is 295. The molecule has 1 atom stereocenters. The molecule has 0 radical (unpaired) electrons. The van der Waals surface area contributed by atoms with Gasteiger partial charge < -0.3 is 10.8 Å². The van der Waals surface area contributed by atoms with Gasteiger partial charge in [-0.15, -0.1) is 11.3 Å². The van der Waals surface area contributed by atoms with Gasteiger partial charge in [-0.3, -0.25) is 4.90 Å². The molecule has 3 nitrogen and oxygen atoms in total. The molecule has 1 rings (SSSR count). The number of aliphatic hydroxyl groups excluding tert-OH is 1. The van der Waals surface area contributed by atoms with Crippen molar-refractivity contribution in [2.45, 2.75) is 26.3 Å². The predicted molar refractivity (Wildman–Crippen MR) is 69.8 cm³/mol. The predicted octanol–water partition coefficient (Wildman–Crippen LogP) is 1.76. The first-order valence-electron chi connectivity index (χ1n) is 5.84. The van der Waals surface area contributed by atoms with Crippen LogP contribution in [0.5, 0.6) is 0 Å². The molecule has 0 spiro atoms. The highest BCUT2D eigenvalue weighted by atomic mass is 32.1. The van der Waals surface area contributed by atoms with Gasteiger partial charge >= 0.3 is 0 Å². The van der Waals surface area contributed by atoms with Crippen LogP contribution in [0.3, 0.4) is 0 Å². The van der Waals surface area contributed by atoms with Crippen molar-refractivity contribution in [3.8, 4) is 0 Å². The Balaban J connectivity index is 2.76. The molecule has 16 heavy (non-hydrogen) atoms. The average molecular weight is 242 g/mol. The maximum absolute atomic E-state index is 9.08. The highest BCUT2D eigenvalue weighted by molar-refractivity contribution is 7.12. The molecule has 1 unspecified atom stereocenters. The second kappa shape index (κ2) is 7.01. The van der Waals surface area contributed by atoms with Crippen molar-refractivity contribution in [3.63, 3.8) is 0 Å². The van der Waals surface area contributed by atoms with Gasteiger partial charge in [0.2, 0.25) is 0 Å². The molecule has 0 aliphatic rings. The number of hydrogen-bond donors (Lipinski definition) is 2. The average Bonchev–Trinajstić information content (AvgIpc) is 2.67. The van der Waals surface area contributed by atoms with Crippen molar-refractivity contribution in [2.24, 2.45) is 5.73 Å². The van der Waals surface area contributed by atoms with E-state index < -0.39 is 0 Å². The summed E-state index contributed by atoms with van der Waals surface area (Å²) in [5, 5.41) is 9.08. The van der Waals surface area contributed by atoms with Crippen LogP contribution in [-0.2, 0) is 0 Å². The van der Waals surface area contributed by atoms with Crippen LogP contribution in [0.4, 0.5) is 0 Å². The largest absolute Gasteiger partial charge is 0.395 e. The second-order valence-electron chi connectivity index (χ2n) is 3.96. The molecule has 0 bridgehead atoms. The lowest BCUT2D eigenvalue weighted by Crippen LogP contribution is -2.36. The SMILES string of the molecule is CCCN(CCO)C(CN)c1ccc(C)s1. The summed E-state index contributed by atoms with van der Waals surface area (Å²) in [5.74, 6) is 0. The number of aryl methyl sites for hydroxylation is 1. The molecule has 0 aromatic carbocycles. The second-order valence-corrected chi connectivity index (χ2v) is 5.28. The van der Waals surface area contributed by atoms with Crippen molar-refractivity contribution in [3.05, 3.63) is 21.9 Å². The molecule has 1 aromatic rings. The summed E-state index contributed by atoms with van der Waals surface area (Å²) in [6, 6.07) is 4.54. The summed E-state index contributed by atoms with van der Waals surface area (Å²) in [4.78, 5) is 4.89. The fraction of sp³-hybridized carbons (Fsp3) is 0.667. The monoisotopic (exact) mass is 242 g/mol. The first-order valence-corrected chi connectivity index (χ1v) is 6.65. The Morgan fingerprint density at radius 3 is 2.62 bits per heavy atom. The van der Waals surface area contributed by atoms with E-state index in [4.69, 9.17) is 10.8 Å². The van der Waals surface area contributed by atoms with Crippen molar-refractivity contribution < 1.29 is 5.11 Å². The Kier molecular flexibility index (Phi) is 5.98. The van der Waals surface area contributed by atoms with Crippen LogP contribution < -0.4 is 5.73 Å². The zero-order valence-electron chi connectivity index (χ0n) is 10.1. The van der Waals surface area contributed by atoms with Crippen molar-refractivity contribution in [1.29, 1.82) is 0 Å². The minimum Gasteiger partial charge on any atom is -0.395 e. The first kappa shape index (κ1) is 13.6. The Morgan fingerprint density at radius 1 is 1.44 bits per heavy atom. The first-order chi connectivity index (χ1) is 7.72. The summed E-state index contributed by atoms with van der Waals surface area (Å²) in [5.41, 5.74) is 5.86. The van der Waals surface area contributed by atoms with Gasteiger partial charge in [0.25, 0.3) is 0 Å². The normalized spacial score (nSPS) is 13.3. The summed E-state index contributed by atoms with van der Waals surface area (Å²) in [6.45, 7) is 6.75. The number of aliphatic hydroxyl groups is 1. The van der Waals surface area contributed by atoms with Gasteiger partial charge in [-0.25, -0.2) is 0 Å². The Hall–Kier alpha value is -0.420. The molecule has 1 heterocycles. The fourth-order valence-electron chi connectivity index (χ4n) is 1.92. The van der Waals surface area contributed by atoms with Crippen LogP contribution in [0.1, 0.15) is 29.1 Å². The van der Waals surface area contributed by atoms with Gasteiger partial charge in [0.15, 0.2) is 0 Å². The molecule has 0 aliphatic carbocycles. The number of rotatable bonds is 7. The number of nitrogens with two attached hydrogens (primary N) is 1. The van der Waals surface area contributed by atoms with Crippen LogP contribution in [0, 0.1) is 6.92 Å².